The number of Topliss-reactive ketones (excluding diaryl/α,β-unsaturated/α-hetero) is 1. The Bertz CT molecular complexity index is 1410. The summed E-state index contributed by atoms with van der Waals surface area (Å²) in [6.07, 6.45) is -0.932. The first-order chi connectivity index (χ1) is 20.6. The molecule has 1 saturated carbocycles. The maximum Gasteiger partial charge on any atom is 0.309 e. The lowest BCUT2D eigenvalue weighted by atomic mass is 9.75. The molecule has 13 heteroatoms. The molecule has 2 aliphatic rings. The van der Waals surface area contributed by atoms with Crippen LogP contribution in [-0.2, 0) is 25.5 Å². The average molecular weight is 618 g/mol. The van der Waals surface area contributed by atoms with E-state index in [2.05, 4.69) is 10.4 Å². The van der Waals surface area contributed by atoms with Crippen molar-refractivity contribution < 1.29 is 37.4 Å². The van der Waals surface area contributed by atoms with Crippen LogP contribution in [-0.4, -0.2) is 77.2 Å². The van der Waals surface area contributed by atoms with Crippen molar-refractivity contribution in [1.82, 2.24) is 14.7 Å². The molecule has 1 aromatic carbocycles. The minimum absolute atomic E-state index is 0.0263. The van der Waals surface area contributed by atoms with E-state index in [0.29, 0.717) is 55.7 Å². The van der Waals surface area contributed by atoms with Gasteiger partial charge >= 0.3 is 11.9 Å². The number of likely N-dealkylation sites (N-methyl/N-ethyl adjacent to an activating group) is 1. The number of ketones is 1. The van der Waals surface area contributed by atoms with E-state index >= 15 is 0 Å². The quantitative estimate of drug-likeness (QED) is 0.354. The number of halogens is 2. The number of rotatable bonds is 11. The van der Waals surface area contributed by atoms with Crippen LogP contribution in [0.4, 0.5) is 14.5 Å². The van der Waals surface area contributed by atoms with Crippen LogP contribution in [0, 0.1) is 5.41 Å². The van der Waals surface area contributed by atoms with Crippen LogP contribution in [0.25, 0.3) is 5.69 Å². The van der Waals surface area contributed by atoms with Crippen molar-refractivity contribution in [3.05, 3.63) is 40.7 Å². The number of anilines is 1. The Kier molecular flexibility index (Phi) is 10.1. The monoisotopic (exact) mass is 617 g/mol. The van der Waals surface area contributed by atoms with Crippen molar-refractivity contribution in [2.75, 3.05) is 26.0 Å². The number of esters is 2. The molecule has 0 saturated heterocycles. The lowest BCUT2D eigenvalue weighted by Crippen LogP contribution is -2.35. The molecule has 3 N–H and O–H groups in total. The number of benzene rings is 1. The van der Waals surface area contributed by atoms with E-state index in [-0.39, 0.29) is 41.9 Å². The van der Waals surface area contributed by atoms with Gasteiger partial charge < -0.3 is 25.4 Å². The number of ether oxygens (including phenoxy) is 2. The minimum Gasteiger partial charge on any atom is -0.462 e. The summed E-state index contributed by atoms with van der Waals surface area (Å²) in [6, 6.07) is 4.66. The molecule has 1 fully saturated rings. The number of nitrogens with zero attached hydrogens (tertiary/aromatic N) is 3. The maximum atomic E-state index is 13.9. The van der Waals surface area contributed by atoms with Crippen LogP contribution >= 0.6 is 0 Å². The molecule has 1 unspecified atom stereocenters. The van der Waals surface area contributed by atoms with Crippen LogP contribution in [0.3, 0.4) is 0 Å². The Labute approximate surface area is 255 Å². The SMILES string of the molecule is CC(=O)OC(CC(=O)O[C@H]1CC[C@H](Nc2cc(-n3nc(C(F)F)c4c3CC(C)(C)CC4=O)ccc2C(N)=O)CC1)CN(C)C. The number of alkyl halides is 2. The highest BCUT2D eigenvalue weighted by Gasteiger charge is 2.39. The summed E-state index contributed by atoms with van der Waals surface area (Å²) < 4.78 is 40.1. The molecule has 1 atom stereocenters. The highest BCUT2D eigenvalue weighted by atomic mass is 19.3. The van der Waals surface area contributed by atoms with E-state index in [4.69, 9.17) is 15.2 Å². The van der Waals surface area contributed by atoms with Crippen LogP contribution < -0.4 is 11.1 Å². The zero-order chi connectivity index (χ0) is 32.3. The van der Waals surface area contributed by atoms with Gasteiger partial charge in [0.25, 0.3) is 12.3 Å². The van der Waals surface area contributed by atoms with E-state index < -0.39 is 41.5 Å². The first-order valence-corrected chi connectivity index (χ1v) is 14.8. The normalized spacial score (nSPS) is 20.2. The lowest BCUT2D eigenvalue weighted by Gasteiger charge is -2.31. The molecule has 1 amide bonds. The molecule has 2 aliphatic carbocycles. The maximum absolute atomic E-state index is 13.9. The van der Waals surface area contributed by atoms with Gasteiger partial charge in [-0.1, -0.05) is 13.8 Å². The third-order valence-electron chi connectivity index (χ3n) is 7.92. The molecule has 4 rings (SSSR count). The molecular formula is C31H41F2N5O6. The third-order valence-corrected chi connectivity index (χ3v) is 7.92. The molecule has 0 aliphatic heterocycles. The first-order valence-electron chi connectivity index (χ1n) is 14.8. The second-order valence-corrected chi connectivity index (χ2v) is 12.8. The van der Waals surface area contributed by atoms with Crippen molar-refractivity contribution in [2.24, 2.45) is 11.1 Å². The smallest absolute Gasteiger partial charge is 0.309 e. The van der Waals surface area contributed by atoms with Crippen LogP contribution in [0.15, 0.2) is 18.2 Å². The summed E-state index contributed by atoms with van der Waals surface area (Å²) in [5.41, 5.74) is 6.16. The molecule has 1 aromatic heterocycles. The molecule has 2 aromatic rings. The lowest BCUT2D eigenvalue weighted by molar-refractivity contribution is -0.158. The second kappa shape index (κ2) is 13.4. The van der Waals surface area contributed by atoms with Crippen molar-refractivity contribution in [1.29, 1.82) is 0 Å². The summed E-state index contributed by atoms with van der Waals surface area (Å²) in [5, 5.41) is 7.52. The topological polar surface area (TPSA) is 146 Å². The zero-order valence-corrected chi connectivity index (χ0v) is 25.8. The van der Waals surface area contributed by atoms with Gasteiger partial charge in [-0.05, 0) is 69.8 Å². The number of hydrogen-bond donors (Lipinski definition) is 2. The van der Waals surface area contributed by atoms with Crippen molar-refractivity contribution in [3.63, 3.8) is 0 Å². The molecule has 0 radical (unpaired) electrons. The zero-order valence-electron chi connectivity index (χ0n) is 25.8. The Morgan fingerprint density at radius 1 is 1.16 bits per heavy atom. The number of nitrogens with one attached hydrogen (secondary N) is 1. The summed E-state index contributed by atoms with van der Waals surface area (Å²) in [4.78, 5) is 51.0. The van der Waals surface area contributed by atoms with E-state index in [1.165, 1.54) is 17.7 Å². The largest absolute Gasteiger partial charge is 0.462 e. The predicted molar refractivity (Wildman–Crippen MR) is 158 cm³/mol. The number of carbonyl (C=O) groups is 4. The average Bonchev–Trinajstić information content (AvgIpc) is 3.28. The van der Waals surface area contributed by atoms with Gasteiger partial charge in [0.05, 0.1) is 28.9 Å². The fraction of sp³-hybridized carbons (Fsp3) is 0.581. The molecule has 44 heavy (non-hydrogen) atoms. The number of aromatic nitrogens is 2. The number of carbonyl (C=O) groups excluding carboxylic acids is 4. The number of hydrogen-bond acceptors (Lipinski definition) is 9. The third kappa shape index (κ3) is 7.99. The second-order valence-electron chi connectivity index (χ2n) is 12.8. The van der Waals surface area contributed by atoms with Gasteiger partial charge in [-0.25, -0.2) is 13.5 Å². The van der Waals surface area contributed by atoms with Gasteiger partial charge in [0.15, 0.2) is 5.78 Å². The summed E-state index contributed by atoms with van der Waals surface area (Å²) in [5.74, 6) is -1.92. The van der Waals surface area contributed by atoms with E-state index in [0.717, 1.165) is 0 Å². The standard InChI is InChI=1S/C31H41F2N5O6/c1-17(39)43-21(16-37(4)5)13-26(41)44-20-9-6-18(7-10-20)35-23-12-19(8-11-22(23)30(34)42)38-24-14-31(2,3)15-25(40)27(24)28(36-38)29(32)33/h8,11-12,18,20-21,29,35H,6-7,9-10,13-16H2,1-5H3,(H2,34,42)/t18-,20-,21?. The Morgan fingerprint density at radius 3 is 2.43 bits per heavy atom. The summed E-state index contributed by atoms with van der Waals surface area (Å²) in [6.45, 7) is 5.51. The molecule has 1 heterocycles. The first kappa shape index (κ1) is 33.0. The van der Waals surface area contributed by atoms with E-state index in [9.17, 15) is 28.0 Å². The highest BCUT2D eigenvalue weighted by Crippen LogP contribution is 2.40. The van der Waals surface area contributed by atoms with E-state index in [1.54, 1.807) is 12.1 Å². The van der Waals surface area contributed by atoms with Gasteiger partial charge in [-0.15, -0.1) is 0 Å². The highest BCUT2D eigenvalue weighted by molar-refractivity contribution is 6.00. The number of nitrogens with two attached hydrogens (primary N) is 1. The number of primary amides is 1. The molecular weight excluding hydrogens is 576 g/mol. The molecule has 0 bridgehead atoms. The van der Waals surface area contributed by atoms with Crippen LogP contribution in [0.1, 0.15) is 97.8 Å². The predicted octanol–water partition coefficient (Wildman–Crippen LogP) is 4.21. The van der Waals surface area contributed by atoms with Crippen LogP contribution in [0.2, 0.25) is 0 Å². The van der Waals surface area contributed by atoms with Crippen LogP contribution in [0.5, 0.6) is 0 Å². The Balaban J connectivity index is 1.48. The van der Waals surface area contributed by atoms with Crippen molar-refractivity contribution in [2.45, 2.75) is 90.4 Å². The van der Waals surface area contributed by atoms with Gasteiger partial charge in [-0.3, -0.25) is 19.2 Å². The van der Waals surface area contributed by atoms with Gasteiger partial charge in [0, 0.05) is 31.6 Å². The van der Waals surface area contributed by atoms with Gasteiger partial charge in [0.1, 0.15) is 17.9 Å². The number of amides is 1. The summed E-state index contributed by atoms with van der Waals surface area (Å²) in [7, 11) is 3.64. The summed E-state index contributed by atoms with van der Waals surface area (Å²) >= 11 is 0. The molecule has 0 spiro atoms. The minimum atomic E-state index is -2.91. The number of fused-ring (bicyclic) bond motifs is 1. The fourth-order valence-corrected chi connectivity index (χ4v) is 6.09. The van der Waals surface area contributed by atoms with E-state index in [1.807, 2.05) is 32.8 Å². The molecule has 240 valence electrons. The molecule has 11 nitrogen and oxygen atoms in total. The van der Waals surface area contributed by atoms with Gasteiger partial charge in [-0.2, -0.15) is 5.10 Å². The fourth-order valence-electron chi connectivity index (χ4n) is 6.09. The van der Waals surface area contributed by atoms with Gasteiger partial charge in [0.2, 0.25) is 0 Å². The van der Waals surface area contributed by atoms with Crippen molar-refractivity contribution >= 4 is 29.3 Å². The van der Waals surface area contributed by atoms with Crippen molar-refractivity contribution in [3.8, 4) is 5.69 Å². The Morgan fingerprint density at radius 2 is 1.84 bits per heavy atom. The Hall–Kier alpha value is -3.87.